The Morgan fingerprint density at radius 3 is 1.98 bits per heavy atom. The molecule has 0 unspecified atom stereocenters. The quantitative estimate of drug-likeness (QED) is 0.0754. The summed E-state index contributed by atoms with van der Waals surface area (Å²) in [5.41, 5.74) is 26.7. The molecule has 2 fully saturated rings. The fraction of sp³-hybridized carbons (Fsp3) is 0.590. The lowest BCUT2D eigenvalue weighted by Crippen LogP contribution is -2.68. The number of hydrogen-bond donors (Lipinski definition) is 6. The van der Waals surface area contributed by atoms with Crippen LogP contribution in [0.3, 0.4) is 0 Å². The van der Waals surface area contributed by atoms with Crippen molar-refractivity contribution >= 4 is 32.3 Å². The Hall–Kier alpha value is -2.48. The second kappa shape index (κ2) is 16.7. The van der Waals surface area contributed by atoms with E-state index in [-0.39, 0.29) is 6.54 Å². The highest BCUT2D eigenvalue weighted by atomic mass is 16.7. The summed E-state index contributed by atoms with van der Waals surface area (Å²) >= 11 is 0. The molecule has 268 valence electrons. The fourth-order valence-electron chi connectivity index (χ4n) is 7.84. The summed E-state index contributed by atoms with van der Waals surface area (Å²) in [7, 11) is 0. The minimum atomic E-state index is -1.09. The molecule has 1 heterocycles. The van der Waals surface area contributed by atoms with Crippen LogP contribution in [0.1, 0.15) is 63.9 Å². The zero-order chi connectivity index (χ0) is 34.5. The first-order valence-electron chi connectivity index (χ1n) is 18.3. The van der Waals surface area contributed by atoms with Gasteiger partial charge in [-0.05, 0) is 70.0 Å². The second-order valence-corrected chi connectivity index (χ2v) is 14.2. The largest absolute Gasteiger partial charge is 0.388 e. The van der Waals surface area contributed by atoms with E-state index in [1.54, 1.807) is 0 Å². The molecule has 0 spiro atoms. The molecule has 0 aromatic heterocycles. The van der Waals surface area contributed by atoms with Crippen LogP contribution in [0.4, 0.5) is 0 Å². The minimum absolute atomic E-state index is 0.0645. The molecule has 10 nitrogen and oxygen atoms in total. The average Bonchev–Trinajstić information content (AvgIpc) is 3.10. The molecular formula is C39H56N4O6. The van der Waals surface area contributed by atoms with Crippen molar-refractivity contribution in [3.8, 4) is 0 Å². The number of rotatable bonds is 16. The normalized spacial score (nSPS) is 30.9. The lowest BCUT2D eigenvalue weighted by molar-refractivity contribution is -0.294. The van der Waals surface area contributed by atoms with Crippen LogP contribution >= 0.6 is 0 Å². The molecule has 1 aliphatic heterocycles. The second-order valence-electron chi connectivity index (χ2n) is 14.2. The van der Waals surface area contributed by atoms with Gasteiger partial charge in [0.15, 0.2) is 6.29 Å². The Morgan fingerprint density at radius 2 is 1.31 bits per heavy atom. The minimum Gasteiger partial charge on any atom is -0.388 e. The van der Waals surface area contributed by atoms with E-state index in [0.717, 1.165) is 44.9 Å². The van der Waals surface area contributed by atoms with E-state index in [0.29, 0.717) is 19.6 Å². The van der Waals surface area contributed by atoms with Crippen molar-refractivity contribution in [3.63, 3.8) is 0 Å². The van der Waals surface area contributed by atoms with Gasteiger partial charge in [0.1, 0.15) is 36.6 Å². The van der Waals surface area contributed by atoms with Crippen molar-refractivity contribution in [3.05, 3.63) is 60.2 Å². The monoisotopic (exact) mass is 676 g/mol. The molecule has 2 aliphatic rings. The topological polar surface area (TPSA) is 181 Å². The SMILES string of the molecule is CCCCCCCO[C@@H]1[C@@H](N)[C@@H](O[C@H]2[C@H](O)[C@@H](OCCCCc3cc4ccc5cccc6ccc(c3)c4c56)[C@H](N)C[C@@H]2N)O[C@H](CN)[C@H]1O. The summed E-state index contributed by atoms with van der Waals surface area (Å²) in [6.07, 6.45) is 2.48. The molecule has 4 aromatic rings. The van der Waals surface area contributed by atoms with Crippen LogP contribution in [0.2, 0.25) is 0 Å². The molecule has 0 amide bonds. The van der Waals surface area contributed by atoms with Crippen LogP contribution in [0.5, 0.6) is 0 Å². The van der Waals surface area contributed by atoms with Crippen LogP contribution in [0, 0.1) is 0 Å². The number of aryl methyl sites for hydroxylation is 1. The summed E-state index contributed by atoms with van der Waals surface area (Å²) in [4.78, 5) is 0. The summed E-state index contributed by atoms with van der Waals surface area (Å²) in [5, 5.41) is 30.0. The maximum atomic E-state index is 11.4. The number of nitrogens with two attached hydrogens (primary N) is 4. The summed E-state index contributed by atoms with van der Waals surface area (Å²) in [6, 6.07) is 18.1. The van der Waals surface area contributed by atoms with Crippen molar-refractivity contribution in [1.82, 2.24) is 0 Å². The Balaban J connectivity index is 1.02. The Bertz CT molecular complexity index is 1560. The number of benzene rings is 4. The van der Waals surface area contributed by atoms with Crippen molar-refractivity contribution < 1.29 is 29.2 Å². The van der Waals surface area contributed by atoms with E-state index < -0.39 is 61.0 Å². The van der Waals surface area contributed by atoms with Crippen LogP contribution in [-0.2, 0) is 25.4 Å². The molecule has 6 rings (SSSR count). The highest BCUT2D eigenvalue weighted by molar-refractivity contribution is 6.23. The van der Waals surface area contributed by atoms with Crippen LogP contribution in [0.15, 0.2) is 54.6 Å². The summed E-state index contributed by atoms with van der Waals surface area (Å²) in [5.74, 6) is 0. The molecule has 10 N–H and O–H groups in total. The molecule has 4 aromatic carbocycles. The molecule has 10 atom stereocenters. The molecule has 10 heteroatoms. The van der Waals surface area contributed by atoms with Gasteiger partial charge >= 0.3 is 0 Å². The lowest BCUT2D eigenvalue weighted by Gasteiger charge is -2.47. The fourth-order valence-corrected chi connectivity index (χ4v) is 7.84. The molecular weight excluding hydrogens is 620 g/mol. The van der Waals surface area contributed by atoms with Crippen LogP contribution in [0.25, 0.3) is 32.3 Å². The maximum Gasteiger partial charge on any atom is 0.176 e. The zero-order valence-corrected chi connectivity index (χ0v) is 28.8. The van der Waals surface area contributed by atoms with Crippen molar-refractivity contribution in [2.24, 2.45) is 22.9 Å². The third-order valence-corrected chi connectivity index (χ3v) is 10.6. The Kier molecular flexibility index (Phi) is 12.4. The van der Waals surface area contributed by atoms with E-state index in [9.17, 15) is 10.2 Å². The molecule has 1 saturated heterocycles. The standard InChI is InChI=1S/C39H56N4O6/c1-2-3-4-5-7-17-47-38-33(43)39(48-30(22-40)34(38)44)49-37-29(42)21-28(41)36(35(37)45)46-18-8-6-10-23-19-26-15-13-24-11-9-12-25-14-16-27(20-23)32(26)31(24)25/h9,11-16,19-20,28-30,33-39,44-45H,2-8,10,17-18,21-22,40-43H2,1H3/t28-,29+,30-,33-,34-,35-,36+,37-,38-,39-/m1/s1. The van der Waals surface area contributed by atoms with Crippen LogP contribution < -0.4 is 22.9 Å². The molecule has 1 saturated carbocycles. The van der Waals surface area contributed by atoms with E-state index in [4.69, 9.17) is 41.9 Å². The Labute approximate surface area is 289 Å². The predicted molar refractivity (Wildman–Crippen MR) is 194 cm³/mol. The number of aliphatic hydroxyl groups excluding tert-OH is 2. The highest BCUT2D eigenvalue weighted by Crippen LogP contribution is 2.35. The van der Waals surface area contributed by atoms with Gasteiger partial charge in [0.25, 0.3) is 0 Å². The van der Waals surface area contributed by atoms with E-state index in [1.807, 2.05) is 0 Å². The highest BCUT2D eigenvalue weighted by Gasteiger charge is 2.49. The van der Waals surface area contributed by atoms with Gasteiger partial charge in [-0.3, -0.25) is 0 Å². The van der Waals surface area contributed by atoms with E-state index >= 15 is 0 Å². The average molecular weight is 677 g/mol. The molecule has 1 aliphatic carbocycles. The van der Waals surface area contributed by atoms with Gasteiger partial charge in [0.2, 0.25) is 0 Å². The number of hydrogen-bond acceptors (Lipinski definition) is 10. The van der Waals surface area contributed by atoms with Gasteiger partial charge in [-0.1, -0.05) is 87.2 Å². The van der Waals surface area contributed by atoms with Crippen molar-refractivity contribution in [2.45, 2.75) is 126 Å². The maximum absolute atomic E-state index is 11.4. The Morgan fingerprint density at radius 1 is 0.714 bits per heavy atom. The van der Waals surface area contributed by atoms with Crippen molar-refractivity contribution in [2.75, 3.05) is 19.8 Å². The first-order chi connectivity index (χ1) is 23.8. The number of ether oxygens (including phenoxy) is 4. The summed E-state index contributed by atoms with van der Waals surface area (Å²) in [6.45, 7) is 3.15. The van der Waals surface area contributed by atoms with E-state index in [2.05, 4.69) is 61.5 Å². The van der Waals surface area contributed by atoms with Gasteiger partial charge in [0, 0.05) is 31.8 Å². The van der Waals surface area contributed by atoms with Gasteiger partial charge in [-0.25, -0.2) is 0 Å². The van der Waals surface area contributed by atoms with E-state index in [1.165, 1.54) is 44.3 Å². The first-order valence-corrected chi connectivity index (χ1v) is 18.3. The van der Waals surface area contributed by atoms with Gasteiger partial charge < -0.3 is 52.1 Å². The molecule has 0 bridgehead atoms. The van der Waals surface area contributed by atoms with Gasteiger partial charge in [0.05, 0.1) is 6.04 Å². The number of unbranched alkanes of at least 4 members (excludes halogenated alkanes) is 5. The predicted octanol–water partition coefficient (Wildman–Crippen LogP) is 3.82. The number of aliphatic hydroxyl groups is 2. The third kappa shape index (κ3) is 8.05. The molecule has 0 radical (unpaired) electrons. The van der Waals surface area contributed by atoms with Gasteiger partial charge in [-0.15, -0.1) is 0 Å². The zero-order valence-electron chi connectivity index (χ0n) is 28.8. The smallest absolute Gasteiger partial charge is 0.176 e. The van der Waals surface area contributed by atoms with Crippen molar-refractivity contribution in [1.29, 1.82) is 0 Å². The summed E-state index contributed by atoms with van der Waals surface area (Å²) < 4.78 is 24.5. The first kappa shape index (κ1) is 36.3. The molecule has 49 heavy (non-hydrogen) atoms. The third-order valence-electron chi connectivity index (χ3n) is 10.6. The van der Waals surface area contributed by atoms with Gasteiger partial charge in [-0.2, -0.15) is 0 Å². The lowest BCUT2D eigenvalue weighted by atomic mass is 9.84. The van der Waals surface area contributed by atoms with Crippen LogP contribution in [-0.4, -0.2) is 91.0 Å².